The zero-order valence-electron chi connectivity index (χ0n) is 11.9. The molecule has 1 atom stereocenters. The molecule has 2 aromatic rings. The fourth-order valence-electron chi connectivity index (χ4n) is 2.26. The maximum atomic E-state index is 5.69. The maximum Gasteiger partial charge on any atom is 0.0410 e. The average molecular weight is 334 g/mol. The molecule has 1 aromatic carbocycles. The molecule has 0 spiro atoms. The van der Waals surface area contributed by atoms with E-state index >= 15 is 0 Å². The van der Waals surface area contributed by atoms with Crippen molar-refractivity contribution in [2.24, 2.45) is 5.84 Å². The van der Waals surface area contributed by atoms with Crippen LogP contribution in [0.1, 0.15) is 22.3 Å². The molecule has 0 aliphatic carbocycles. The van der Waals surface area contributed by atoms with E-state index in [-0.39, 0.29) is 6.04 Å². The molecule has 0 aliphatic rings. The summed E-state index contributed by atoms with van der Waals surface area (Å²) in [6, 6.07) is 8.86. The van der Waals surface area contributed by atoms with Gasteiger partial charge in [-0.25, -0.2) is 0 Å². The van der Waals surface area contributed by atoms with Gasteiger partial charge in [0.1, 0.15) is 0 Å². The average Bonchev–Trinajstić information content (AvgIpc) is 2.42. The first kappa shape index (κ1) is 15.2. The first-order valence-corrected chi connectivity index (χ1v) is 7.49. The van der Waals surface area contributed by atoms with Gasteiger partial charge in [-0.15, -0.1) is 0 Å². The Bertz CT molecular complexity index is 584. The zero-order chi connectivity index (χ0) is 14.5. The normalized spacial score (nSPS) is 12.4. The smallest absolute Gasteiger partial charge is 0.0410 e. The summed E-state index contributed by atoms with van der Waals surface area (Å²) in [7, 11) is 0. The van der Waals surface area contributed by atoms with E-state index in [9.17, 15) is 0 Å². The third-order valence-electron chi connectivity index (χ3n) is 3.53. The summed E-state index contributed by atoms with van der Waals surface area (Å²) in [5.74, 6) is 5.69. The van der Waals surface area contributed by atoms with Crippen LogP contribution in [0.15, 0.2) is 41.1 Å². The Kier molecular flexibility index (Phi) is 5.29. The molecule has 0 fully saturated rings. The van der Waals surface area contributed by atoms with Gasteiger partial charge in [-0.1, -0.05) is 18.2 Å². The predicted octanol–water partition coefficient (Wildman–Crippen LogP) is 3.08. The molecule has 0 bridgehead atoms. The highest BCUT2D eigenvalue weighted by Gasteiger charge is 2.10. The van der Waals surface area contributed by atoms with Crippen molar-refractivity contribution in [3.8, 4) is 0 Å². The van der Waals surface area contributed by atoms with Crippen LogP contribution in [0.3, 0.4) is 0 Å². The summed E-state index contributed by atoms with van der Waals surface area (Å²) in [5.41, 5.74) is 8.03. The molecule has 4 heteroatoms. The van der Waals surface area contributed by atoms with Gasteiger partial charge in [0.15, 0.2) is 0 Å². The van der Waals surface area contributed by atoms with E-state index in [0.717, 1.165) is 17.3 Å². The van der Waals surface area contributed by atoms with Gasteiger partial charge in [0.05, 0.1) is 0 Å². The molecule has 3 N–H and O–H groups in total. The fraction of sp³-hybridized carbons (Fsp3) is 0.312. The lowest BCUT2D eigenvalue weighted by Crippen LogP contribution is -2.38. The molecular formula is C16H20BrN3. The van der Waals surface area contributed by atoms with Crippen molar-refractivity contribution >= 4 is 15.9 Å². The number of hydrogen-bond acceptors (Lipinski definition) is 3. The number of hydrogen-bond donors (Lipinski definition) is 2. The van der Waals surface area contributed by atoms with E-state index in [4.69, 9.17) is 5.84 Å². The lowest BCUT2D eigenvalue weighted by Gasteiger charge is -2.16. The third-order valence-corrected chi connectivity index (χ3v) is 3.97. The van der Waals surface area contributed by atoms with Crippen LogP contribution in [-0.4, -0.2) is 11.0 Å². The van der Waals surface area contributed by atoms with Crippen LogP contribution in [0.5, 0.6) is 0 Å². The van der Waals surface area contributed by atoms with Crippen molar-refractivity contribution in [2.75, 3.05) is 0 Å². The Morgan fingerprint density at radius 1 is 1.10 bits per heavy atom. The summed E-state index contributed by atoms with van der Waals surface area (Å²) >= 11 is 3.44. The van der Waals surface area contributed by atoms with E-state index in [1.54, 1.807) is 6.20 Å². The number of aromatic nitrogens is 1. The number of nitrogens with zero attached hydrogens (tertiary/aromatic N) is 1. The molecule has 1 aromatic heterocycles. The number of hydrazine groups is 1. The van der Waals surface area contributed by atoms with E-state index in [2.05, 4.69) is 64.5 Å². The summed E-state index contributed by atoms with van der Waals surface area (Å²) in [5, 5.41) is 0. The Morgan fingerprint density at radius 3 is 2.50 bits per heavy atom. The fourth-order valence-corrected chi connectivity index (χ4v) is 2.67. The number of aryl methyl sites for hydroxylation is 2. The van der Waals surface area contributed by atoms with Crippen LogP contribution in [0.2, 0.25) is 0 Å². The van der Waals surface area contributed by atoms with Crippen LogP contribution in [0, 0.1) is 13.8 Å². The quantitative estimate of drug-likeness (QED) is 0.653. The van der Waals surface area contributed by atoms with Crippen LogP contribution in [0.4, 0.5) is 0 Å². The molecule has 1 unspecified atom stereocenters. The summed E-state index contributed by atoms with van der Waals surface area (Å²) in [6.45, 7) is 4.27. The van der Waals surface area contributed by atoms with Crippen molar-refractivity contribution < 1.29 is 0 Å². The van der Waals surface area contributed by atoms with Crippen molar-refractivity contribution in [3.63, 3.8) is 0 Å². The number of nitrogens with two attached hydrogens (primary N) is 1. The van der Waals surface area contributed by atoms with Gasteiger partial charge in [0.2, 0.25) is 0 Å². The summed E-state index contributed by atoms with van der Waals surface area (Å²) in [4.78, 5) is 4.19. The standard InChI is InChI=1S/C16H20BrN3/c1-11-3-4-13(5-12(11)2)7-16(20-18)8-14-6-15(17)10-19-9-14/h3-6,9-10,16,20H,7-8,18H2,1-2H3. The molecular weight excluding hydrogens is 314 g/mol. The third kappa shape index (κ3) is 4.13. The van der Waals surface area contributed by atoms with E-state index in [1.165, 1.54) is 22.3 Å². The lowest BCUT2D eigenvalue weighted by molar-refractivity contribution is 0.521. The topological polar surface area (TPSA) is 50.9 Å². The minimum atomic E-state index is 0.202. The molecule has 106 valence electrons. The molecule has 2 rings (SSSR count). The minimum Gasteiger partial charge on any atom is -0.271 e. The Labute approximate surface area is 128 Å². The molecule has 0 amide bonds. The maximum absolute atomic E-state index is 5.69. The van der Waals surface area contributed by atoms with Crippen molar-refractivity contribution in [1.82, 2.24) is 10.4 Å². The number of rotatable bonds is 5. The number of halogens is 1. The van der Waals surface area contributed by atoms with Gasteiger partial charge in [-0.3, -0.25) is 16.3 Å². The molecule has 0 aliphatic heterocycles. The van der Waals surface area contributed by atoms with Crippen LogP contribution < -0.4 is 11.3 Å². The summed E-state index contributed by atoms with van der Waals surface area (Å²) in [6.07, 6.45) is 5.44. The van der Waals surface area contributed by atoms with Crippen molar-refractivity contribution in [3.05, 3.63) is 63.4 Å². The molecule has 0 saturated heterocycles. The van der Waals surface area contributed by atoms with Gasteiger partial charge in [0.25, 0.3) is 0 Å². The largest absolute Gasteiger partial charge is 0.271 e. The van der Waals surface area contributed by atoms with Crippen LogP contribution in [-0.2, 0) is 12.8 Å². The molecule has 1 heterocycles. The van der Waals surface area contributed by atoms with Gasteiger partial charge >= 0.3 is 0 Å². The van der Waals surface area contributed by atoms with Crippen LogP contribution in [0.25, 0.3) is 0 Å². The molecule has 0 saturated carbocycles. The second-order valence-electron chi connectivity index (χ2n) is 5.20. The van der Waals surface area contributed by atoms with Crippen LogP contribution >= 0.6 is 15.9 Å². The minimum absolute atomic E-state index is 0.202. The Hall–Kier alpha value is -1.23. The lowest BCUT2D eigenvalue weighted by atomic mass is 9.98. The molecule has 20 heavy (non-hydrogen) atoms. The first-order chi connectivity index (χ1) is 9.58. The summed E-state index contributed by atoms with van der Waals surface area (Å²) < 4.78 is 0.997. The van der Waals surface area contributed by atoms with Gasteiger partial charge in [-0.2, -0.15) is 0 Å². The Balaban J connectivity index is 2.07. The number of nitrogens with one attached hydrogen (secondary N) is 1. The Morgan fingerprint density at radius 2 is 1.85 bits per heavy atom. The van der Waals surface area contributed by atoms with E-state index in [0.29, 0.717) is 0 Å². The van der Waals surface area contributed by atoms with Crippen molar-refractivity contribution in [1.29, 1.82) is 0 Å². The van der Waals surface area contributed by atoms with E-state index < -0.39 is 0 Å². The van der Waals surface area contributed by atoms with E-state index in [1.807, 2.05) is 6.20 Å². The highest BCUT2D eigenvalue weighted by atomic mass is 79.9. The van der Waals surface area contributed by atoms with Gasteiger partial charge in [-0.05, 0) is 70.9 Å². The zero-order valence-corrected chi connectivity index (χ0v) is 13.4. The molecule has 3 nitrogen and oxygen atoms in total. The van der Waals surface area contributed by atoms with Crippen molar-refractivity contribution in [2.45, 2.75) is 32.7 Å². The van der Waals surface area contributed by atoms with Gasteiger partial charge < -0.3 is 0 Å². The number of benzene rings is 1. The second-order valence-corrected chi connectivity index (χ2v) is 6.12. The first-order valence-electron chi connectivity index (χ1n) is 6.70. The second kappa shape index (κ2) is 6.97. The highest BCUT2D eigenvalue weighted by molar-refractivity contribution is 9.10. The predicted molar refractivity (Wildman–Crippen MR) is 86.4 cm³/mol. The highest BCUT2D eigenvalue weighted by Crippen LogP contribution is 2.15. The molecule has 0 radical (unpaired) electrons. The SMILES string of the molecule is Cc1ccc(CC(Cc2cncc(Br)c2)NN)cc1C. The number of pyridine rings is 1. The van der Waals surface area contributed by atoms with Gasteiger partial charge in [0, 0.05) is 22.9 Å². The monoisotopic (exact) mass is 333 g/mol.